The number of para-hydroxylation sites is 2. The molecule has 1 aromatic heterocycles. The Morgan fingerprint density at radius 3 is 1.67 bits per heavy atom. The summed E-state index contributed by atoms with van der Waals surface area (Å²) in [5, 5.41) is 4.87. The van der Waals surface area contributed by atoms with E-state index < -0.39 is 0 Å². The number of hydrogen-bond donors (Lipinski definition) is 0. The summed E-state index contributed by atoms with van der Waals surface area (Å²) >= 11 is 0. The molecule has 0 aliphatic carbocycles. The molecule has 48 heavy (non-hydrogen) atoms. The summed E-state index contributed by atoms with van der Waals surface area (Å²) in [5.74, 6) is 0. The lowest BCUT2D eigenvalue weighted by atomic mass is 9.96. The van der Waals surface area contributed by atoms with Gasteiger partial charge in [0.1, 0.15) is 0 Å². The van der Waals surface area contributed by atoms with E-state index in [1.807, 2.05) is 0 Å². The molecule has 0 saturated heterocycles. The van der Waals surface area contributed by atoms with Gasteiger partial charge in [-0.05, 0) is 82.1 Å². The Labute approximate surface area is 280 Å². The quantitative estimate of drug-likeness (QED) is 0.181. The van der Waals surface area contributed by atoms with Crippen molar-refractivity contribution < 1.29 is 0 Å². The molecule has 0 radical (unpaired) electrons. The zero-order valence-corrected chi connectivity index (χ0v) is 26.4. The maximum atomic E-state index is 2.47. The molecule has 0 saturated carbocycles. The third kappa shape index (κ3) is 4.74. The van der Waals surface area contributed by atoms with Crippen molar-refractivity contribution >= 4 is 49.6 Å². The van der Waals surface area contributed by atoms with Gasteiger partial charge in [0, 0.05) is 27.7 Å². The molecule has 0 atom stereocenters. The highest BCUT2D eigenvalue weighted by Gasteiger charge is 2.23. The number of anilines is 3. The number of aromatic nitrogens is 1. The number of benzene rings is 8. The van der Waals surface area contributed by atoms with Gasteiger partial charge in [0.15, 0.2) is 0 Å². The lowest BCUT2D eigenvalue weighted by Gasteiger charge is -2.29. The van der Waals surface area contributed by atoms with Crippen LogP contribution in [0.4, 0.5) is 17.1 Å². The standard InChI is InChI=1S/C46H32N2/c1-4-15-33(16-5-1)34-27-29-39(30-28-34)48(45-32-37-20-11-10-19-36(37)31-41(45)35-17-6-2-7-18-35)44-26-14-25-43-46(44)40-23-12-13-24-42(40)47(43)38-21-8-3-9-22-38/h1-32H. The molecule has 0 N–H and O–H groups in total. The Morgan fingerprint density at radius 1 is 0.375 bits per heavy atom. The zero-order valence-electron chi connectivity index (χ0n) is 26.4. The first-order chi connectivity index (χ1) is 23.8. The summed E-state index contributed by atoms with van der Waals surface area (Å²) < 4.78 is 2.39. The normalized spacial score (nSPS) is 11.3. The topological polar surface area (TPSA) is 8.17 Å². The Bertz CT molecular complexity index is 2530. The van der Waals surface area contributed by atoms with Crippen molar-refractivity contribution in [3.63, 3.8) is 0 Å². The molecule has 2 nitrogen and oxygen atoms in total. The van der Waals surface area contributed by atoms with Crippen molar-refractivity contribution in [2.24, 2.45) is 0 Å². The minimum atomic E-state index is 1.10. The molecule has 0 aliphatic rings. The second-order valence-corrected chi connectivity index (χ2v) is 12.2. The van der Waals surface area contributed by atoms with Crippen molar-refractivity contribution in [2.45, 2.75) is 0 Å². The summed E-state index contributed by atoms with van der Waals surface area (Å²) in [5.41, 5.74) is 11.7. The molecule has 0 bridgehead atoms. The van der Waals surface area contributed by atoms with Gasteiger partial charge in [0.05, 0.1) is 22.4 Å². The van der Waals surface area contributed by atoms with E-state index in [2.05, 4.69) is 204 Å². The maximum Gasteiger partial charge on any atom is 0.0562 e. The summed E-state index contributed by atoms with van der Waals surface area (Å²) in [7, 11) is 0. The summed E-state index contributed by atoms with van der Waals surface area (Å²) in [4.78, 5) is 2.47. The van der Waals surface area contributed by atoms with E-state index in [4.69, 9.17) is 0 Å². The molecule has 9 rings (SSSR count). The second-order valence-electron chi connectivity index (χ2n) is 12.2. The predicted molar refractivity (Wildman–Crippen MR) is 204 cm³/mol. The monoisotopic (exact) mass is 612 g/mol. The van der Waals surface area contributed by atoms with Gasteiger partial charge >= 0.3 is 0 Å². The van der Waals surface area contributed by atoms with E-state index in [0.29, 0.717) is 0 Å². The lowest BCUT2D eigenvalue weighted by molar-refractivity contribution is 1.18. The molecule has 226 valence electrons. The van der Waals surface area contributed by atoms with Gasteiger partial charge in [-0.15, -0.1) is 0 Å². The van der Waals surface area contributed by atoms with Crippen LogP contribution in [0.2, 0.25) is 0 Å². The third-order valence-corrected chi connectivity index (χ3v) is 9.35. The van der Waals surface area contributed by atoms with Gasteiger partial charge in [-0.25, -0.2) is 0 Å². The van der Waals surface area contributed by atoms with E-state index in [-0.39, 0.29) is 0 Å². The minimum absolute atomic E-state index is 1.10. The van der Waals surface area contributed by atoms with Crippen LogP contribution in [-0.4, -0.2) is 4.57 Å². The van der Waals surface area contributed by atoms with Crippen molar-refractivity contribution in [3.05, 3.63) is 194 Å². The highest BCUT2D eigenvalue weighted by atomic mass is 15.2. The van der Waals surface area contributed by atoms with Crippen molar-refractivity contribution in [1.29, 1.82) is 0 Å². The first kappa shape index (κ1) is 27.9. The lowest BCUT2D eigenvalue weighted by Crippen LogP contribution is -2.12. The van der Waals surface area contributed by atoms with Crippen LogP contribution in [0.15, 0.2) is 194 Å². The molecule has 2 heteroatoms. The highest BCUT2D eigenvalue weighted by Crippen LogP contribution is 2.47. The summed E-state index contributed by atoms with van der Waals surface area (Å²) in [6.07, 6.45) is 0. The van der Waals surface area contributed by atoms with Crippen LogP contribution in [0.25, 0.3) is 60.5 Å². The molecule has 0 fully saturated rings. The number of rotatable bonds is 6. The largest absolute Gasteiger partial charge is 0.309 e. The van der Waals surface area contributed by atoms with Crippen LogP contribution in [0.5, 0.6) is 0 Å². The van der Waals surface area contributed by atoms with Crippen molar-refractivity contribution in [1.82, 2.24) is 4.57 Å². The molecule has 0 spiro atoms. The molecule has 8 aromatic carbocycles. The van der Waals surface area contributed by atoms with Gasteiger partial charge in [-0.3, -0.25) is 0 Å². The first-order valence-electron chi connectivity index (χ1n) is 16.4. The van der Waals surface area contributed by atoms with E-state index in [1.165, 1.54) is 54.8 Å². The molecule has 9 aromatic rings. The Kier molecular flexibility index (Phi) is 6.84. The zero-order chi connectivity index (χ0) is 31.9. The fraction of sp³-hybridized carbons (Fsp3) is 0. The SMILES string of the molecule is c1ccc(-c2ccc(N(c3cc4ccccc4cc3-c3ccccc3)c3cccc4c3c3ccccc3n4-c3ccccc3)cc2)cc1. The fourth-order valence-electron chi connectivity index (χ4n) is 7.15. The van der Waals surface area contributed by atoms with Gasteiger partial charge in [-0.2, -0.15) is 0 Å². The first-order valence-corrected chi connectivity index (χ1v) is 16.4. The van der Waals surface area contributed by atoms with Gasteiger partial charge in [-0.1, -0.05) is 140 Å². The minimum Gasteiger partial charge on any atom is -0.309 e. The molecule has 0 unspecified atom stereocenters. The van der Waals surface area contributed by atoms with E-state index in [0.717, 1.165) is 22.7 Å². The van der Waals surface area contributed by atoms with Crippen molar-refractivity contribution in [3.8, 4) is 27.9 Å². The smallest absolute Gasteiger partial charge is 0.0562 e. The van der Waals surface area contributed by atoms with Gasteiger partial charge in [0.2, 0.25) is 0 Å². The summed E-state index contributed by atoms with van der Waals surface area (Å²) in [6, 6.07) is 70.0. The van der Waals surface area contributed by atoms with Gasteiger partial charge in [0.25, 0.3) is 0 Å². The van der Waals surface area contributed by atoms with E-state index in [9.17, 15) is 0 Å². The average Bonchev–Trinajstić information content (AvgIpc) is 3.51. The van der Waals surface area contributed by atoms with Gasteiger partial charge < -0.3 is 9.47 Å². The predicted octanol–water partition coefficient (Wildman–Crippen LogP) is 12.7. The molecular weight excluding hydrogens is 581 g/mol. The number of nitrogens with zero attached hydrogens (tertiary/aromatic N) is 2. The van der Waals surface area contributed by atoms with Crippen molar-refractivity contribution in [2.75, 3.05) is 4.90 Å². The second kappa shape index (κ2) is 11.8. The third-order valence-electron chi connectivity index (χ3n) is 9.35. The number of hydrogen-bond acceptors (Lipinski definition) is 1. The Balaban J connectivity index is 1.37. The van der Waals surface area contributed by atoms with Crippen LogP contribution >= 0.6 is 0 Å². The number of fused-ring (bicyclic) bond motifs is 4. The molecule has 0 aliphatic heterocycles. The molecule has 1 heterocycles. The maximum absolute atomic E-state index is 2.47. The average molecular weight is 613 g/mol. The van der Waals surface area contributed by atoms with Crippen LogP contribution in [0.1, 0.15) is 0 Å². The van der Waals surface area contributed by atoms with Crippen LogP contribution in [-0.2, 0) is 0 Å². The Hall–Kier alpha value is -6.38. The fourth-order valence-corrected chi connectivity index (χ4v) is 7.15. The molecular formula is C46H32N2. The van der Waals surface area contributed by atoms with Crippen LogP contribution in [0.3, 0.4) is 0 Å². The van der Waals surface area contributed by atoms with E-state index >= 15 is 0 Å². The van der Waals surface area contributed by atoms with Crippen LogP contribution < -0.4 is 4.90 Å². The van der Waals surface area contributed by atoms with Crippen LogP contribution in [0, 0.1) is 0 Å². The summed E-state index contributed by atoms with van der Waals surface area (Å²) in [6.45, 7) is 0. The molecule has 0 amide bonds. The highest BCUT2D eigenvalue weighted by molar-refractivity contribution is 6.17. The van der Waals surface area contributed by atoms with E-state index in [1.54, 1.807) is 0 Å². The Morgan fingerprint density at radius 2 is 0.938 bits per heavy atom.